The number of carbonyl (C=O) groups is 2. The fourth-order valence-electron chi connectivity index (χ4n) is 2.88. The van der Waals surface area contributed by atoms with Crippen molar-refractivity contribution in [3.63, 3.8) is 0 Å². The van der Waals surface area contributed by atoms with Crippen molar-refractivity contribution >= 4 is 17.5 Å². The van der Waals surface area contributed by atoms with Crippen LogP contribution in [0.2, 0.25) is 0 Å². The third kappa shape index (κ3) is 4.80. The minimum atomic E-state index is -0.741. The minimum Gasteiger partial charge on any atom is -0.493 e. The number of amides is 2. The first-order valence-corrected chi connectivity index (χ1v) is 9.16. The van der Waals surface area contributed by atoms with Gasteiger partial charge >= 0.3 is 0 Å². The maximum atomic E-state index is 12.6. The van der Waals surface area contributed by atoms with Crippen LogP contribution in [0.1, 0.15) is 17.3 Å². The molecule has 1 aliphatic rings. The molecular formula is C21H24N2O5. The molecule has 1 unspecified atom stereocenters. The number of hydrogen-bond acceptors (Lipinski definition) is 5. The fourth-order valence-corrected chi connectivity index (χ4v) is 2.88. The van der Waals surface area contributed by atoms with Crippen molar-refractivity contribution in [3.05, 3.63) is 54.1 Å². The number of nitrogens with zero attached hydrogens (tertiary/aromatic N) is 1. The van der Waals surface area contributed by atoms with Gasteiger partial charge in [0.25, 0.3) is 11.8 Å². The molecule has 3 rings (SSSR count). The van der Waals surface area contributed by atoms with Crippen LogP contribution in [0.5, 0.6) is 11.5 Å². The van der Waals surface area contributed by atoms with Gasteiger partial charge in [-0.05, 0) is 37.3 Å². The molecule has 2 amide bonds. The monoisotopic (exact) mass is 384 g/mol. The van der Waals surface area contributed by atoms with E-state index in [0.29, 0.717) is 49.1 Å². The molecule has 1 N–H and O–H groups in total. The molecule has 1 fully saturated rings. The van der Waals surface area contributed by atoms with Gasteiger partial charge in [-0.2, -0.15) is 0 Å². The lowest BCUT2D eigenvalue weighted by atomic mass is 10.1. The molecule has 0 saturated carbocycles. The Bertz CT molecular complexity index is 833. The van der Waals surface area contributed by atoms with Crippen LogP contribution in [-0.4, -0.2) is 56.2 Å². The van der Waals surface area contributed by atoms with E-state index in [1.807, 2.05) is 12.1 Å². The number of morpholine rings is 1. The highest BCUT2D eigenvalue weighted by Gasteiger charge is 2.20. The number of methoxy groups -OCH3 is 1. The van der Waals surface area contributed by atoms with Crippen LogP contribution in [0.3, 0.4) is 0 Å². The first-order chi connectivity index (χ1) is 13.6. The van der Waals surface area contributed by atoms with Crippen molar-refractivity contribution < 1.29 is 23.8 Å². The zero-order valence-electron chi connectivity index (χ0n) is 16.0. The van der Waals surface area contributed by atoms with Crippen LogP contribution in [0, 0.1) is 0 Å². The highest BCUT2D eigenvalue weighted by Crippen LogP contribution is 2.27. The summed E-state index contributed by atoms with van der Waals surface area (Å²) in [5, 5.41) is 2.80. The number of hydrogen-bond donors (Lipinski definition) is 1. The normalized spacial score (nSPS) is 14.9. The molecule has 1 saturated heterocycles. The number of para-hydroxylation sites is 2. The molecule has 148 valence electrons. The van der Waals surface area contributed by atoms with E-state index < -0.39 is 6.10 Å². The van der Waals surface area contributed by atoms with Gasteiger partial charge in [0.05, 0.1) is 20.3 Å². The Balaban J connectivity index is 1.64. The molecular weight excluding hydrogens is 360 g/mol. The molecule has 0 spiro atoms. The SMILES string of the molecule is COc1ccccc1OC(C)C(=O)Nc1cccc(C(=O)N2CCOCC2)c1. The first kappa shape index (κ1) is 19.7. The van der Waals surface area contributed by atoms with E-state index in [1.54, 1.807) is 55.3 Å². The Morgan fingerprint density at radius 1 is 1.07 bits per heavy atom. The van der Waals surface area contributed by atoms with Crippen LogP contribution >= 0.6 is 0 Å². The van der Waals surface area contributed by atoms with Crippen molar-refractivity contribution in [2.45, 2.75) is 13.0 Å². The molecule has 2 aromatic rings. The molecule has 1 heterocycles. The lowest BCUT2D eigenvalue weighted by Crippen LogP contribution is -2.40. The van der Waals surface area contributed by atoms with E-state index in [4.69, 9.17) is 14.2 Å². The number of anilines is 1. The third-order valence-corrected chi connectivity index (χ3v) is 4.42. The molecule has 1 atom stereocenters. The number of rotatable bonds is 6. The van der Waals surface area contributed by atoms with Crippen molar-refractivity contribution in [1.29, 1.82) is 0 Å². The summed E-state index contributed by atoms with van der Waals surface area (Å²) in [4.78, 5) is 26.9. The second-order valence-corrected chi connectivity index (χ2v) is 6.39. The minimum absolute atomic E-state index is 0.0716. The second-order valence-electron chi connectivity index (χ2n) is 6.39. The van der Waals surface area contributed by atoms with Gasteiger partial charge in [-0.1, -0.05) is 18.2 Å². The van der Waals surface area contributed by atoms with Crippen LogP contribution < -0.4 is 14.8 Å². The lowest BCUT2D eigenvalue weighted by molar-refractivity contribution is -0.122. The molecule has 0 aromatic heterocycles. The summed E-state index contributed by atoms with van der Waals surface area (Å²) in [5.74, 6) is 0.656. The van der Waals surface area contributed by atoms with Gasteiger partial charge in [0.1, 0.15) is 0 Å². The fraction of sp³-hybridized carbons (Fsp3) is 0.333. The quantitative estimate of drug-likeness (QED) is 0.828. The van der Waals surface area contributed by atoms with Crippen molar-refractivity contribution in [3.8, 4) is 11.5 Å². The molecule has 0 radical (unpaired) electrons. The molecule has 1 aliphatic heterocycles. The van der Waals surface area contributed by atoms with Gasteiger partial charge in [0, 0.05) is 24.3 Å². The summed E-state index contributed by atoms with van der Waals surface area (Å²) in [6.07, 6.45) is -0.741. The molecule has 2 aromatic carbocycles. The van der Waals surface area contributed by atoms with Crippen molar-refractivity contribution in [2.24, 2.45) is 0 Å². The Morgan fingerprint density at radius 2 is 1.79 bits per heavy atom. The summed E-state index contributed by atoms with van der Waals surface area (Å²) in [7, 11) is 1.55. The smallest absolute Gasteiger partial charge is 0.265 e. The molecule has 0 aliphatic carbocycles. The van der Waals surface area contributed by atoms with Crippen LogP contribution in [-0.2, 0) is 9.53 Å². The molecule has 7 heteroatoms. The van der Waals surface area contributed by atoms with E-state index in [-0.39, 0.29) is 11.8 Å². The summed E-state index contributed by atoms with van der Waals surface area (Å²) >= 11 is 0. The number of nitrogens with one attached hydrogen (secondary N) is 1. The highest BCUT2D eigenvalue weighted by molar-refractivity contribution is 5.98. The Morgan fingerprint density at radius 3 is 2.50 bits per heavy atom. The van der Waals surface area contributed by atoms with Gasteiger partial charge in [-0.15, -0.1) is 0 Å². The van der Waals surface area contributed by atoms with E-state index in [2.05, 4.69) is 5.32 Å². The van der Waals surface area contributed by atoms with E-state index in [0.717, 1.165) is 0 Å². The number of benzene rings is 2. The van der Waals surface area contributed by atoms with Crippen molar-refractivity contribution in [1.82, 2.24) is 4.90 Å². The summed E-state index contributed by atoms with van der Waals surface area (Å²) in [6.45, 7) is 3.88. The maximum absolute atomic E-state index is 12.6. The Kier molecular flexibility index (Phi) is 6.49. The molecule has 28 heavy (non-hydrogen) atoms. The van der Waals surface area contributed by atoms with E-state index >= 15 is 0 Å². The van der Waals surface area contributed by atoms with Crippen LogP contribution in [0.4, 0.5) is 5.69 Å². The van der Waals surface area contributed by atoms with E-state index in [1.165, 1.54) is 0 Å². The van der Waals surface area contributed by atoms with Gasteiger partial charge in [0.2, 0.25) is 0 Å². The molecule has 7 nitrogen and oxygen atoms in total. The second kappa shape index (κ2) is 9.23. The maximum Gasteiger partial charge on any atom is 0.265 e. The predicted molar refractivity (Wildman–Crippen MR) is 105 cm³/mol. The third-order valence-electron chi connectivity index (χ3n) is 4.42. The van der Waals surface area contributed by atoms with Crippen LogP contribution in [0.25, 0.3) is 0 Å². The predicted octanol–water partition coefficient (Wildman–Crippen LogP) is 2.57. The van der Waals surface area contributed by atoms with E-state index in [9.17, 15) is 9.59 Å². The first-order valence-electron chi connectivity index (χ1n) is 9.16. The zero-order valence-corrected chi connectivity index (χ0v) is 16.0. The zero-order chi connectivity index (χ0) is 19.9. The Labute approximate surface area is 164 Å². The van der Waals surface area contributed by atoms with Gasteiger partial charge in [-0.3, -0.25) is 9.59 Å². The lowest BCUT2D eigenvalue weighted by Gasteiger charge is -2.27. The summed E-state index contributed by atoms with van der Waals surface area (Å²) in [5.41, 5.74) is 1.07. The number of carbonyl (C=O) groups excluding carboxylic acids is 2. The van der Waals surface area contributed by atoms with Gasteiger partial charge in [0.15, 0.2) is 17.6 Å². The topological polar surface area (TPSA) is 77.1 Å². The average Bonchev–Trinajstić information content (AvgIpc) is 2.74. The highest BCUT2D eigenvalue weighted by atomic mass is 16.5. The average molecular weight is 384 g/mol. The van der Waals surface area contributed by atoms with Crippen molar-refractivity contribution in [2.75, 3.05) is 38.7 Å². The standard InChI is InChI=1S/C21H24N2O5/c1-15(28-19-9-4-3-8-18(19)26-2)20(24)22-17-7-5-6-16(14-17)21(25)23-10-12-27-13-11-23/h3-9,14-15H,10-13H2,1-2H3,(H,22,24). The summed E-state index contributed by atoms with van der Waals surface area (Å²) < 4.78 is 16.2. The molecule has 0 bridgehead atoms. The van der Waals surface area contributed by atoms with Gasteiger partial charge < -0.3 is 24.4 Å². The summed E-state index contributed by atoms with van der Waals surface area (Å²) in [6, 6.07) is 14.0. The van der Waals surface area contributed by atoms with Crippen LogP contribution in [0.15, 0.2) is 48.5 Å². The Hall–Kier alpha value is -3.06. The van der Waals surface area contributed by atoms with Gasteiger partial charge in [-0.25, -0.2) is 0 Å². The number of ether oxygens (including phenoxy) is 3. The largest absolute Gasteiger partial charge is 0.493 e.